The molecule has 0 aliphatic carbocycles. The van der Waals surface area contributed by atoms with Gasteiger partial charge in [-0.05, 0) is 57.1 Å². The van der Waals surface area contributed by atoms with Crippen LogP contribution in [0.3, 0.4) is 0 Å². The monoisotopic (exact) mass is 307 g/mol. The van der Waals surface area contributed by atoms with Gasteiger partial charge >= 0.3 is 0 Å². The van der Waals surface area contributed by atoms with Gasteiger partial charge in [0, 0.05) is 6.42 Å². The summed E-state index contributed by atoms with van der Waals surface area (Å²) in [5.41, 5.74) is 3.64. The second-order valence-corrected chi connectivity index (χ2v) is 6.20. The van der Waals surface area contributed by atoms with Crippen LogP contribution in [0.4, 0.5) is 0 Å². The Morgan fingerprint density at radius 1 is 0.870 bits per heavy atom. The van der Waals surface area contributed by atoms with Crippen LogP contribution in [0.1, 0.15) is 24.2 Å². The summed E-state index contributed by atoms with van der Waals surface area (Å²) in [4.78, 5) is 10.5. The largest absolute Gasteiger partial charge is 0.342 e. The Morgan fingerprint density at radius 2 is 1.57 bits per heavy atom. The van der Waals surface area contributed by atoms with Crippen LogP contribution in [0.2, 0.25) is 0 Å². The SMILES string of the molecule is CN(CCCc1ccccc1)CCCc1nc2ccccc2[nH]1. The number of aromatic nitrogens is 2. The molecule has 0 aliphatic rings. The van der Waals surface area contributed by atoms with E-state index in [1.54, 1.807) is 0 Å². The summed E-state index contributed by atoms with van der Waals surface area (Å²) < 4.78 is 0. The number of nitrogens with zero attached hydrogens (tertiary/aromatic N) is 2. The van der Waals surface area contributed by atoms with Gasteiger partial charge in [0.15, 0.2) is 0 Å². The molecule has 1 heterocycles. The molecule has 0 saturated carbocycles. The van der Waals surface area contributed by atoms with Crippen LogP contribution in [-0.4, -0.2) is 35.0 Å². The third-order valence-corrected chi connectivity index (χ3v) is 4.24. The highest BCUT2D eigenvalue weighted by Gasteiger charge is 2.03. The van der Waals surface area contributed by atoms with Crippen LogP contribution < -0.4 is 0 Å². The maximum Gasteiger partial charge on any atom is 0.107 e. The quantitative estimate of drug-likeness (QED) is 0.680. The number of aryl methyl sites for hydroxylation is 2. The minimum Gasteiger partial charge on any atom is -0.342 e. The maximum atomic E-state index is 4.64. The van der Waals surface area contributed by atoms with E-state index < -0.39 is 0 Å². The first-order chi connectivity index (χ1) is 11.3. The van der Waals surface area contributed by atoms with Gasteiger partial charge in [0.1, 0.15) is 5.82 Å². The van der Waals surface area contributed by atoms with E-state index in [0.29, 0.717) is 0 Å². The van der Waals surface area contributed by atoms with E-state index in [4.69, 9.17) is 0 Å². The molecule has 0 saturated heterocycles. The van der Waals surface area contributed by atoms with Crippen molar-refractivity contribution in [3.63, 3.8) is 0 Å². The van der Waals surface area contributed by atoms with Crippen LogP contribution >= 0.6 is 0 Å². The zero-order valence-electron chi connectivity index (χ0n) is 13.8. The third kappa shape index (κ3) is 4.67. The molecular formula is C20H25N3. The predicted molar refractivity (Wildman–Crippen MR) is 96.7 cm³/mol. The molecule has 1 aromatic heterocycles. The van der Waals surface area contributed by atoms with Crippen LogP contribution in [0.5, 0.6) is 0 Å². The zero-order chi connectivity index (χ0) is 15.9. The van der Waals surface area contributed by atoms with Crippen molar-refractivity contribution in [2.45, 2.75) is 25.7 Å². The molecule has 1 N–H and O–H groups in total. The molecule has 3 nitrogen and oxygen atoms in total. The first-order valence-corrected chi connectivity index (χ1v) is 8.47. The molecular weight excluding hydrogens is 282 g/mol. The average molecular weight is 307 g/mol. The summed E-state index contributed by atoms with van der Waals surface area (Å²) >= 11 is 0. The summed E-state index contributed by atoms with van der Waals surface area (Å²) in [6.45, 7) is 2.26. The highest BCUT2D eigenvalue weighted by atomic mass is 15.1. The van der Waals surface area contributed by atoms with E-state index in [1.807, 2.05) is 12.1 Å². The first-order valence-electron chi connectivity index (χ1n) is 8.47. The molecule has 0 aliphatic heterocycles. The minimum atomic E-state index is 1.01. The summed E-state index contributed by atoms with van der Waals surface area (Å²) in [5.74, 6) is 1.10. The van der Waals surface area contributed by atoms with E-state index in [1.165, 1.54) is 12.0 Å². The molecule has 120 valence electrons. The van der Waals surface area contributed by atoms with Crippen molar-refractivity contribution in [1.29, 1.82) is 0 Å². The Kier molecular flexibility index (Phi) is 5.43. The van der Waals surface area contributed by atoms with Crippen LogP contribution in [0, 0.1) is 0 Å². The Balaban J connectivity index is 1.36. The van der Waals surface area contributed by atoms with Gasteiger partial charge in [0.25, 0.3) is 0 Å². The third-order valence-electron chi connectivity index (χ3n) is 4.24. The molecule has 23 heavy (non-hydrogen) atoms. The fourth-order valence-electron chi connectivity index (χ4n) is 2.95. The van der Waals surface area contributed by atoms with Gasteiger partial charge < -0.3 is 9.88 Å². The van der Waals surface area contributed by atoms with Crippen LogP contribution in [0.25, 0.3) is 11.0 Å². The molecule has 2 aromatic carbocycles. The van der Waals surface area contributed by atoms with Crippen molar-refractivity contribution in [2.24, 2.45) is 0 Å². The minimum absolute atomic E-state index is 1.01. The van der Waals surface area contributed by atoms with Crippen molar-refractivity contribution in [2.75, 3.05) is 20.1 Å². The van der Waals surface area contributed by atoms with Crippen LogP contribution in [-0.2, 0) is 12.8 Å². The normalized spacial score (nSPS) is 11.4. The molecule has 3 heteroatoms. The van der Waals surface area contributed by atoms with Gasteiger partial charge in [-0.1, -0.05) is 42.5 Å². The van der Waals surface area contributed by atoms with Crippen molar-refractivity contribution in [3.05, 3.63) is 66.0 Å². The molecule has 0 radical (unpaired) electrons. The van der Waals surface area contributed by atoms with Crippen molar-refractivity contribution >= 4 is 11.0 Å². The van der Waals surface area contributed by atoms with Gasteiger partial charge in [-0.15, -0.1) is 0 Å². The lowest BCUT2D eigenvalue weighted by Gasteiger charge is -2.16. The van der Waals surface area contributed by atoms with Crippen molar-refractivity contribution < 1.29 is 0 Å². The molecule has 0 unspecified atom stereocenters. The number of hydrogen-bond acceptors (Lipinski definition) is 2. The lowest BCUT2D eigenvalue weighted by atomic mass is 10.1. The number of rotatable bonds is 8. The Morgan fingerprint density at radius 3 is 2.35 bits per heavy atom. The molecule has 0 bridgehead atoms. The van der Waals surface area contributed by atoms with E-state index in [-0.39, 0.29) is 0 Å². The maximum absolute atomic E-state index is 4.64. The summed E-state index contributed by atoms with van der Waals surface area (Å²) in [7, 11) is 2.21. The van der Waals surface area contributed by atoms with Crippen molar-refractivity contribution in [1.82, 2.24) is 14.9 Å². The van der Waals surface area contributed by atoms with Gasteiger partial charge in [-0.2, -0.15) is 0 Å². The second-order valence-electron chi connectivity index (χ2n) is 6.20. The van der Waals surface area contributed by atoms with E-state index in [9.17, 15) is 0 Å². The number of fused-ring (bicyclic) bond motifs is 1. The Bertz CT molecular complexity index is 685. The number of aromatic amines is 1. The van der Waals surface area contributed by atoms with Gasteiger partial charge in [0.05, 0.1) is 11.0 Å². The topological polar surface area (TPSA) is 31.9 Å². The van der Waals surface area contributed by atoms with E-state index in [0.717, 1.165) is 49.2 Å². The van der Waals surface area contributed by atoms with Gasteiger partial charge in [0.2, 0.25) is 0 Å². The molecule has 3 rings (SSSR count). The van der Waals surface area contributed by atoms with Crippen LogP contribution in [0.15, 0.2) is 54.6 Å². The number of hydrogen-bond donors (Lipinski definition) is 1. The molecule has 0 fully saturated rings. The fraction of sp³-hybridized carbons (Fsp3) is 0.350. The van der Waals surface area contributed by atoms with Gasteiger partial charge in [-0.25, -0.2) is 4.98 Å². The fourth-order valence-corrected chi connectivity index (χ4v) is 2.95. The number of benzene rings is 2. The Hall–Kier alpha value is -2.13. The number of para-hydroxylation sites is 2. The number of H-pyrrole nitrogens is 1. The average Bonchev–Trinajstić information content (AvgIpc) is 2.98. The van der Waals surface area contributed by atoms with E-state index in [2.05, 4.69) is 64.4 Å². The number of nitrogens with one attached hydrogen (secondary N) is 1. The lowest BCUT2D eigenvalue weighted by molar-refractivity contribution is 0.324. The van der Waals surface area contributed by atoms with Gasteiger partial charge in [-0.3, -0.25) is 0 Å². The number of imidazole rings is 1. The summed E-state index contributed by atoms with van der Waals surface area (Å²) in [6.07, 6.45) is 4.53. The highest BCUT2D eigenvalue weighted by molar-refractivity contribution is 5.74. The summed E-state index contributed by atoms with van der Waals surface area (Å²) in [5, 5.41) is 0. The highest BCUT2D eigenvalue weighted by Crippen LogP contribution is 2.11. The predicted octanol–water partition coefficient (Wildman–Crippen LogP) is 4.06. The Labute approximate surface area is 138 Å². The van der Waals surface area contributed by atoms with E-state index >= 15 is 0 Å². The molecule has 0 amide bonds. The zero-order valence-corrected chi connectivity index (χ0v) is 13.8. The lowest BCUT2D eigenvalue weighted by Crippen LogP contribution is -2.21. The molecule has 3 aromatic rings. The second kappa shape index (κ2) is 7.93. The summed E-state index contributed by atoms with van der Waals surface area (Å²) in [6, 6.07) is 19.0. The first kappa shape index (κ1) is 15.8. The standard InChI is InChI=1S/C20H25N3/c1-23(15-7-11-17-9-3-2-4-10-17)16-8-14-20-21-18-12-5-6-13-19(18)22-20/h2-6,9-10,12-13H,7-8,11,14-16H2,1H3,(H,21,22). The molecule has 0 atom stereocenters. The smallest absolute Gasteiger partial charge is 0.107 e. The molecule has 0 spiro atoms. The van der Waals surface area contributed by atoms with Crippen molar-refractivity contribution in [3.8, 4) is 0 Å².